The topological polar surface area (TPSA) is 55.4 Å². The monoisotopic (exact) mass is 522 g/mol. The van der Waals surface area contributed by atoms with E-state index in [0.717, 1.165) is 28.2 Å². The number of hydrogen-bond donors (Lipinski definition) is 0. The van der Waals surface area contributed by atoms with Gasteiger partial charge in [-0.2, -0.15) is 0 Å². The second kappa shape index (κ2) is 12.9. The molecule has 0 saturated carbocycles. The van der Waals surface area contributed by atoms with Gasteiger partial charge in [-0.3, -0.25) is 0 Å². The molecule has 0 spiro atoms. The van der Waals surface area contributed by atoms with Gasteiger partial charge in [0.15, 0.2) is 6.29 Å². The molecule has 0 N–H and O–H groups in total. The van der Waals surface area contributed by atoms with E-state index in [1.54, 1.807) is 18.9 Å². The third-order valence-electron chi connectivity index (χ3n) is 6.57. The van der Waals surface area contributed by atoms with E-state index >= 15 is 0 Å². The number of methoxy groups -OCH3 is 1. The lowest BCUT2D eigenvalue weighted by atomic mass is 9.98. The number of rotatable bonds is 10. The number of benzene rings is 3. The number of ether oxygens (including phenoxy) is 6. The molecule has 1 unspecified atom stereocenters. The van der Waals surface area contributed by atoms with Gasteiger partial charge in [0.2, 0.25) is 0 Å². The third-order valence-corrected chi connectivity index (χ3v) is 7.61. The normalized spacial score (nSPS) is 27.4. The zero-order valence-electron chi connectivity index (χ0n) is 21.2. The lowest BCUT2D eigenvalue weighted by Gasteiger charge is -2.49. The van der Waals surface area contributed by atoms with Crippen molar-refractivity contribution in [3.8, 4) is 5.75 Å². The standard InChI is InChI=1S/C30H34O6S/c1-3-37-30-28(33-19-22-14-16-24(31-2)17-15-22)27(32-18-21-10-6-4-7-11-21)26-25(35-30)20-34-29(36-26)23-12-8-5-9-13-23/h4-17,25-30H,3,18-20H2,1-2H3/t25-,26-,27+,28+,29?,30-/m1/s1. The summed E-state index contributed by atoms with van der Waals surface area (Å²) in [6.07, 6.45) is -1.72. The van der Waals surface area contributed by atoms with E-state index in [0.29, 0.717) is 19.8 Å². The molecule has 5 rings (SSSR count). The van der Waals surface area contributed by atoms with Gasteiger partial charge in [-0.1, -0.05) is 79.7 Å². The van der Waals surface area contributed by atoms with E-state index in [9.17, 15) is 0 Å². The molecule has 37 heavy (non-hydrogen) atoms. The molecule has 0 aromatic heterocycles. The number of hydrogen-bond acceptors (Lipinski definition) is 7. The fourth-order valence-corrected chi connectivity index (χ4v) is 5.64. The average Bonchev–Trinajstić information content (AvgIpc) is 2.96. The van der Waals surface area contributed by atoms with Gasteiger partial charge in [0.1, 0.15) is 35.6 Å². The molecule has 3 aromatic carbocycles. The molecule has 0 aliphatic carbocycles. The summed E-state index contributed by atoms with van der Waals surface area (Å²) in [6.45, 7) is 3.45. The Labute approximate surface area is 223 Å². The van der Waals surface area contributed by atoms with Crippen molar-refractivity contribution in [2.45, 2.75) is 56.3 Å². The van der Waals surface area contributed by atoms with Crippen molar-refractivity contribution < 1.29 is 28.4 Å². The van der Waals surface area contributed by atoms with E-state index in [4.69, 9.17) is 28.4 Å². The summed E-state index contributed by atoms with van der Waals surface area (Å²) in [5.41, 5.74) is 2.93. The molecule has 6 nitrogen and oxygen atoms in total. The summed E-state index contributed by atoms with van der Waals surface area (Å²) in [6, 6.07) is 28.1. The molecule has 7 heteroatoms. The summed E-state index contributed by atoms with van der Waals surface area (Å²) in [4.78, 5) is 0. The fourth-order valence-electron chi connectivity index (χ4n) is 4.67. The van der Waals surface area contributed by atoms with E-state index in [1.165, 1.54) is 0 Å². The van der Waals surface area contributed by atoms with Crippen molar-refractivity contribution in [1.82, 2.24) is 0 Å². The van der Waals surface area contributed by atoms with Crippen molar-refractivity contribution in [2.75, 3.05) is 19.5 Å². The summed E-state index contributed by atoms with van der Waals surface area (Å²) in [5.74, 6) is 1.71. The van der Waals surface area contributed by atoms with Crippen LogP contribution in [0, 0.1) is 0 Å². The molecule has 2 saturated heterocycles. The predicted molar refractivity (Wildman–Crippen MR) is 143 cm³/mol. The Hall–Kier alpha value is -2.39. The van der Waals surface area contributed by atoms with Crippen LogP contribution >= 0.6 is 11.8 Å². The molecule has 2 heterocycles. The van der Waals surface area contributed by atoms with E-state index < -0.39 is 6.29 Å². The first-order valence-electron chi connectivity index (χ1n) is 12.7. The maximum Gasteiger partial charge on any atom is 0.184 e. The van der Waals surface area contributed by atoms with Crippen LogP contribution in [0.4, 0.5) is 0 Å². The van der Waals surface area contributed by atoms with Crippen molar-refractivity contribution in [1.29, 1.82) is 0 Å². The van der Waals surface area contributed by atoms with Crippen LogP contribution in [0.3, 0.4) is 0 Å². The van der Waals surface area contributed by atoms with Gasteiger partial charge in [-0.25, -0.2) is 0 Å². The first kappa shape index (κ1) is 26.2. The van der Waals surface area contributed by atoms with Gasteiger partial charge in [0.25, 0.3) is 0 Å². The summed E-state index contributed by atoms with van der Waals surface area (Å²) in [5, 5.41) is 0. The molecule has 196 valence electrons. The Bertz CT molecular complexity index is 1080. The molecule has 2 fully saturated rings. The largest absolute Gasteiger partial charge is 0.497 e. The summed E-state index contributed by atoms with van der Waals surface area (Å²) >= 11 is 1.72. The molecule has 2 aliphatic heterocycles. The highest BCUT2D eigenvalue weighted by Gasteiger charge is 2.51. The number of thioether (sulfide) groups is 1. The minimum atomic E-state index is -0.480. The molecule has 2 aliphatic rings. The maximum atomic E-state index is 6.62. The van der Waals surface area contributed by atoms with Crippen LogP contribution in [0.15, 0.2) is 84.9 Å². The first-order valence-corrected chi connectivity index (χ1v) is 13.8. The SMILES string of the molecule is CCS[C@H]1O[C@@H]2COC(c3ccccc3)O[C@H]2[C@H](OCc2ccccc2)[C@@H]1OCc1ccc(OC)cc1. The second-order valence-electron chi connectivity index (χ2n) is 9.06. The van der Waals surface area contributed by atoms with Gasteiger partial charge in [-0.15, -0.1) is 11.8 Å². The van der Waals surface area contributed by atoms with Gasteiger partial charge in [0, 0.05) is 5.56 Å². The second-order valence-corrected chi connectivity index (χ2v) is 10.4. The molecule has 6 atom stereocenters. The zero-order valence-corrected chi connectivity index (χ0v) is 22.0. The molecular weight excluding hydrogens is 488 g/mol. The highest BCUT2D eigenvalue weighted by molar-refractivity contribution is 7.99. The van der Waals surface area contributed by atoms with Crippen molar-refractivity contribution in [2.24, 2.45) is 0 Å². The Kier molecular flexibility index (Phi) is 9.15. The van der Waals surface area contributed by atoms with Crippen molar-refractivity contribution in [3.05, 3.63) is 102 Å². The Balaban J connectivity index is 1.39. The van der Waals surface area contributed by atoms with Gasteiger partial charge < -0.3 is 28.4 Å². The van der Waals surface area contributed by atoms with Gasteiger partial charge in [0.05, 0.1) is 26.9 Å². The quantitative estimate of drug-likeness (QED) is 0.336. The highest BCUT2D eigenvalue weighted by Crippen LogP contribution is 2.39. The number of fused-ring (bicyclic) bond motifs is 1. The van der Waals surface area contributed by atoms with Crippen LogP contribution in [-0.2, 0) is 36.9 Å². The fraction of sp³-hybridized carbons (Fsp3) is 0.400. The first-order chi connectivity index (χ1) is 18.2. The van der Waals surface area contributed by atoms with Crippen LogP contribution < -0.4 is 4.74 Å². The van der Waals surface area contributed by atoms with Crippen LogP contribution in [-0.4, -0.2) is 49.3 Å². The lowest BCUT2D eigenvalue weighted by Crippen LogP contribution is -2.62. The third kappa shape index (κ3) is 6.55. The Morgan fingerprint density at radius 2 is 1.43 bits per heavy atom. The van der Waals surface area contributed by atoms with E-state index in [2.05, 4.69) is 19.1 Å². The summed E-state index contributed by atoms with van der Waals surface area (Å²) < 4.78 is 37.6. The maximum absolute atomic E-state index is 6.62. The van der Waals surface area contributed by atoms with Crippen LogP contribution in [0.25, 0.3) is 0 Å². The minimum Gasteiger partial charge on any atom is -0.497 e. The van der Waals surface area contributed by atoms with Gasteiger partial charge >= 0.3 is 0 Å². The zero-order chi connectivity index (χ0) is 25.5. The van der Waals surface area contributed by atoms with E-state index in [1.807, 2.05) is 72.8 Å². The smallest absolute Gasteiger partial charge is 0.184 e. The molecule has 0 radical (unpaired) electrons. The minimum absolute atomic E-state index is 0.203. The van der Waals surface area contributed by atoms with Gasteiger partial charge in [-0.05, 0) is 29.0 Å². The van der Waals surface area contributed by atoms with Crippen LogP contribution in [0.2, 0.25) is 0 Å². The lowest BCUT2D eigenvalue weighted by molar-refractivity contribution is -0.329. The molecule has 3 aromatic rings. The predicted octanol–water partition coefficient (Wildman–Crippen LogP) is 5.76. The Morgan fingerprint density at radius 1 is 0.784 bits per heavy atom. The van der Waals surface area contributed by atoms with Crippen LogP contribution in [0.1, 0.15) is 29.9 Å². The molecule has 0 amide bonds. The highest BCUT2D eigenvalue weighted by atomic mass is 32.2. The molecular formula is C30H34O6S. The van der Waals surface area contributed by atoms with Crippen LogP contribution in [0.5, 0.6) is 5.75 Å². The molecule has 0 bridgehead atoms. The van der Waals surface area contributed by atoms with E-state index in [-0.39, 0.29) is 29.9 Å². The van der Waals surface area contributed by atoms with Crippen molar-refractivity contribution >= 4 is 11.8 Å². The summed E-state index contributed by atoms with van der Waals surface area (Å²) in [7, 11) is 1.67. The Morgan fingerprint density at radius 3 is 2.11 bits per heavy atom. The van der Waals surface area contributed by atoms with Crippen molar-refractivity contribution in [3.63, 3.8) is 0 Å². The average molecular weight is 523 g/mol.